The number of carbonyl (C=O) groups is 1. The van der Waals surface area contributed by atoms with Gasteiger partial charge < -0.3 is 9.84 Å². The van der Waals surface area contributed by atoms with E-state index in [1.54, 1.807) is 0 Å². The molecular formula is C14H20N2O3S. The SMILES string of the molecule is CCc1nnc(SC2CCOC2C)c(C(=O)O)c1CC. The highest BCUT2D eigenvalue weighted by molar-refractivity contribution is 8.00. The second-order valence-electron chi connectivity index (χ2n) is 4.84. The topological polar surface area (TPSA) is 72.3 Å². The van der Waals surface area contributed by atoms with Crippen molar-refractivity contribution >= 4 is 17.7 Å². The number of nitrogens with zero attached hydrogens (tertiary/aromatic N) is 2. The van der Waals surface area contributed by atoms with E-state index in [0.717, 1.165) is 24.3 Å². The number of thioether (sulfide) groups is 1. The fourth-order valence-corrected chi connectivity index (χ4v) is 3.66. The first kappa shape index (κ1) is 15.3. The van der Waals surface area contributed by atoms with Gasteiger partial charge in [0.1, 0.15) is 5.03 Å². The van der Waals surface area contributed by atoms with Crippen LogP contribution in [-0.2, 0) is 17.6 Å². The number of aryl methyl sites for hydroxylation is 1. The lowest BCUT2D eigenvalue weighted by Crippen LogP contribution is -2.17. The monoisotopic (exact) mass is 296 g/mol. The summed E-state index contributed by atoms with van der Waals surface area (Å²) in [7, 11) is 0. The molecule has 0 amide bonds. The molecule has 2 atom stereocenters. The highest BCUT2D eigenvalue weighted by Crippen LogP contribution is 2.34. The van der Waals surface area contributed by atoms with Gasteiger partial charge in [0.05, 0.1) is 17.4 Å². The molecule has 0 bridgehead atoms. The van der Waals surface area contributed by atoms with Crippen molar-refractivity contribution in [2.45, 2.75) is 56.4 Å². The summed E-state index contributed by atoms with van der Waals surface area (Å²) in [5.41, 5.74) is 1.91. The maximum atomic E-state index is 11.6. The van der Waals surface area contributed by atoms with Crippen LogP contribution in [0.5, 0.6) is 0 Å². The number of hydrogen-bond donors (Lipinski definition) is 1. The van der Waals surface area contributed by atoms with Gasteiger partial charge in [0.2, 0.25) is 0 Å². The quantitative estimate of drug-likeness (QED) is 0.900. The van der Waals surface area contributed by atoms with Crippen LogP contribution in [0.1, 0.15) is 48.8 Å². The van der Waals surface area contributed by atoms with Crippen molar-refractivity contribution in [1.82, 2.24) is 10.2 Å². The van der Waals surface area contributed by atoms with Crippen molar-refractivity contribution in [2.75, 3.05) is 6.61 Å². The van der Waals surface area contributed by atoms with E-state index in [1.165, 1.54) is 11.8 Å². The van der Waals surface area contributed by atoms with Gasteiger partial charge in [0, 0.05) is 11.9 Å². The van der Waals surface area contributed by atoms with Crippen LogP contribution in [0.15, 0.2) is 5.03 Å². The number of carboxylic acids is 1. The van der Waals surface area contributed by atoms with E-state index in [4.69, 9.17) is 4.74 Å². The minimum atomic E-state index is -0.916. The molecule has 0 aliphatic carbocycles. The molecule has 1 aromatic rings. The average molecular weight is 296 g/mol. The Morgan fingerprint density at radius 3 is 2.65 bits per heavy atom. The Morgan fingerprint density at radius 2 is 2.15 bits per heavy atom. The Morgan fingerprint density at radius 1 is 1.40 bits per heavy atom. The van der Waals surface area contributed by atoms with Crippen molar-refractivity contribution in [3.8, 4) is 0 Å². The third-order valence-corrected chi connectivity index (χ3v) is 5.03. The smallest absolute Gasteiger partial charge is 0.338 e. The van der Waals surface area contributed by atoms with Crippen LogP contribution in [0, 0.1) is 0 Å². The molecule has 1 fully saturated rings. The molecule has 6 heteroatoms. The van der Waals surface area contributed by atoms with Crippen LogP contribution >= 0.6 is 11.8 Å². The standard InChI is InChI=1S/C14H20N2O3S/c1-4-9-10(5-2)15-16-13(12(9)14(17)18)20-11-6-7-19-8(11)3/h8,11H,4-7H2,1-3H3,(H,17,18). The van der Waals surface area contributed by atoms with Gasteiger partial charge in [-0.1, -0.05) is 25.6 Å². The van der Waals surface area contributed by atoms with Gasteiger partial charge >= 0.3 is 5.97 Å². The minimum absolute atomic E-state index is 0.124. The number of rotatable bonds is 5. The van der Waals surface area contributed by atoms with Gasteiger partial charge in [-0.2, -0.15) is 5.10 Å². The molecule has 0 saturated carbocycles. The molecule has 20 heavy (non-hydrogen) atoms. The zero-order chi connectivity index (χ0) is 14.7. The van der Waals surface area contributed by atoms with E-state index < -0.39 is 5.97 Å². The van der Waals surface area contributed by atoms with Crippen molar-refractivity contribution in [3.05, 3.63) is 16.8 Å². The Bertz CT molecular complexity index is 507. The lowest BCUT2D eigenvalue weighted by molar-refractivity contribution is 0.0690. The van der Waals surface area contributed by atoms with Crippen molar-refractivity contribution in [2.24, 2.45) is 0 Å². The molecular weight excluding hydrogens is 276 g/mol. The normalized spacial score (nSPS) is 22.1. The number of ether oxygens (including phenoxy) is 1. The third-order valence-electron chi connectivity index (χ3n) is 3.60. The highest BCUT2D eigenvalue weighted by Gasteiger charge is 2.29. The first-order valence-corrected chi connectivity index (χ1v) is 7.86. The summed E-state index contributed by atoms with van der Waals surface area (Å²) >= 11 is 1.48. The van der Waals surface area contributed by atoms with Crippen LogP contribution in [-0.4, -0.2) is 39.2 Å². The van der Waals surface area contributed by atoms with E-state index in [1.807, 2.05) is 20.8 Å². The fraction of sp³-hybridized carbons (Fsp3) is 0.643. The molecule has 1 saturated heterocycles. The molecule has 1 aliphatic rings. The maximum Gasteiger partial charge on any atom is 0.338 e. The zero-order valence-electron chi connectivity index (χ0n) is 12.0. The Labute approximate surface area is 123 Å². The van der Waals surface area contributed by atoms with E-state index in [9.17, 15) is 9.90 Å². The van der Waals surface area contributed by atoms with Crippen molar-refractivity contribution < 1.29 is 14.6 Å². The van der Waals surface area contributed by atoms with E-state index in [2.05, 4.69) is 10.2 Å². The predicted molar refractivity (Wildman–Crippen MR) is 77.4 cm³/mol. The lowest BCUT2D eigenvalue weighted by Gasteiger charge is -2.16. The Kier molecular flexibility index (Phi) is 4.99. The van der Waals surface area contributed by atoms with Crippen LogP contribution in [0.25, 0.3) is 0 Å². The van der Waals surface area contributed by atoms with Gasteiger partial charge in [-0.25, -0.2) is 4.79 Å². The first-order valence-electron chi connectivity index (χ1n) is 6.98. The maximum absolute atomic E-state index is 11.6. The summed E-state index contributed by atoms with van der Waals surface area (Å²) in [4.78, 5) is 11.6. The number of aromatic carboxylic acids is 1. The second-order valence-corrected chi connectivity index (χ2v) is 6.07. The number of aromatic nitrogens is 2. The molecule has 1 aliphatic heterocycles. The van der Waals surface area contributed by atoms with E-state index in [0.29, 0.717) is 23.4 Å². The molecule has 2 rings (SSSR count). The largest absolute Gasteiger partial charge is 0.478 e. The molecule has 5 nitrogen and oxygen atoms in total. The molecule has 1 aromatic heterocycles. The summed E-state index contributed by atoms with van der Waals surface area (Å²) in [5, 5.41) is 18.7. The van der Waals surface area contributed by atoms with Crippen LogP contribution in [0.3, 0.4) is 0 Å². The van der Waals surface area contributed by atoms with Crippen LogP contribution in [0.2, 0.25) is 0 Å². The zero-order valence-corrected chi connectivity index (χ0v) is 12.9. The van der Waals surface area contributed by atoms with Gasteiger partial charge in [0.25, 0.3) is 0 Å². The molecule has 0 aromatic carbocycles. The molecule has 2 unspecified atom stereocenters. The second kappa shape index (κ2) is 6.54. The van der Waals surface area contributed by atoms with Gasteiger partial charge in [-0.05, 0) is 31.7 Å². The van der Waals surface area contributed by atoms with E-state index >= 15 is 0 Å². The average Bonchev–Trinajstić information content (AvgIpc) is 2.83. The number of carboxylic acid groups (broad SMARTS) is 1. The van der Waals surface area contributed by atoms with Gasteiger partial charge in [-0.3, -0.25) is 0 Å². The number of hydrogen-bond acceptors (Lipinski definition) is 5. The van der Waals surface area contributed by atoms with E-state index in [-0.39, 0.29) is 11.4 Å². The van der Waals surface area contributed by atoms with Crippen LogP contribution in [0.4, 0.5) is 0 Å². The van der Waals surface area contributed by atoms with Crippen LogP contribution < -0.4 is 0 Å². The van der Waals surface area contributed by atoms with Crippen molar-refractivity contribution in [1.29, 1.82) is 0 Å². The molecule has 1 N–H and O–H groups in total. The fourth-order valence-electron chi connectivity index (χ4n) is 2.47. The third kappa shape index (κ3) is 2.96. The molecule has 0 spiro atoms. The van der Waals surface area contributed by atoms with Gasteiger partial charge in [0.15, 0.2) is 0 Å². The van der Waals surface area contributed by atoms with Crippen molar-refractivity contribution in [3.63, 3.8) is 0 Å². The predicted octanol–water partition coefficient (Wildman–Crippen LogP) is 2.57. The molecule has 110 valence electrons. The summed E-state index contributed by atoms with van der Waals surface area (Å²) in [5.74, 6) is -0.916. The summed E-state index contributed by atoms with van der Waals surface area (Å²) < 4.78 is 5.52. The first-order chi connectivity index (χ1) is 9.58. The Balaban J connectivity index is 2.39. The lowest BCUT2D eigenvalue weighted by atomic mass is 10.0. The molecule has 2 heterocycles. The summed E-state index contributed by atoms with van der Waals surface area (Å²) in [6, 6.07) is 0. The Hall–Kier alpha value is -1.14. The van der Waals surface area contributed by atoms with Gasteiger partial charge in [-0.15, -0.1) is 5.10 Å². The highest BCUT2D eigenvalue weighted by atomic mass is 32.2. The molecule has 0 radical (unpaired) electrons. The summed E-state index contributed by atoms with van der Waals surface area (Å²) in [6.07, 6.45) is 2.40. The summed E-state index contributed by atoms with van der Waals surface area (Å²) in [6.45, 7) is 6.66. The minimum Gasteiger partial charge on any atom is -0.478 e.